The van der Waals surface area contributed by atoms with E-state index in [0.29, 0.717) is 0 Å². The molecule has 2 heterocycles. The third-order valence-corrected chi connectivity index (χ3v) is 35.1. The molecule has 2 fully saturated rings. The van der Waals surface area contributed by atoms with Crippen molar-refractivity contribution in [3.05, 3.63) is 0 Å². The SMILES string of the molecule is Br[Te]1(CCCCC[Te]2(Br)CCCCC2)CCCCC1. The van der Waals surface area contributed by atoms with E-state index in [1.54, 1.807) is 26.8 Å². The fraction of sp³-hybridized carbons (Fsp3) is 1.00. The van der Waals surface area contributed by atoms with Crippen molar-refractivity contribution in [2.75, 3.05) is 0 Å². The van der Waals surface area contributed by atoms with Gasteiger partial charge in [0.2, 0.25) is 0 Å². The van der Waals surface area contributed by atoms with Gasteiger partial charge in [-0.05, 0) is 0 Å². The van der Waals surface area contributed by atoms with E-state index in [-0.39, 0.29) is 0 Å². The summed E-state index contributed by atoms with van der Waals surface area (Å²) >= 11 is 5.52. The molecule has 2 rings (SSSR count). The van der Waals surface area contributed by atoms with Gasteiger partial charge in [-0.1, -0.05) is 0 Å². The summed E-state index contributed by atoms with van der Waals surface area (Å²) in [5.74, 6) is 0. The number of rotatable bonds is 6. The second-order valence-corrected chi connectivity index (χ2v) is 42.4. The maximum atomic E-state index is 4.23. The Morgan fingerprint density at radius 3 is 1.26 bits per heavy atom. The molecule has 0 aromatic heterocycles. The predicted molar refractivity (Wildman–Crippen MR) is 99.8 cm³/mol. The Hall–Kier alpha value is 2.54. The van der Waals surface area contributed by atoms with Crippen LogP contribution in [-0.4, -0.2) is 31.9 Å². The van der Waals surface area contributed by atoms with Gasteiger partial charge in [-0.15, -0.1) is 0 Å². The van der Waals surface area contributed by atoms with Gasteiger partial charge in [0.15, 0.2) is 0 Å². The van der Waals surface area contributed by atoms with Crippen LogP contribution in [0, 0.1) is 0 Å². The van der Waals surface area contributed by atoms with Crippen molar-refractivity contribution < 1.29 is 0 Å². The molecule has 0 atom stereocenters. The van der Waals surface area contributed by atoms with Crippen LogP contribution in [0.5, 0.6) is 0 Å². The van der Waals surface area contributed by atoms with Crippen LogP contribution in [0.4, 0.5) is 0 Å². The standard InChI is InChI=1S/C15H30Br2Te2/c16-18(10-4-1-5-11-18)14-8-3-9-15-19(17)12-6-2-7-13-19/h1-15H2. The molecule has 0 amide bonds. The Labute approximate surface area is 140 Å². The third-order valence-electron chi connectivity index (χ3n) is 4.56. The normalized spacial score (nSPS) is 29.6. The average Bonchev–Trinajstić information content (AvgIpc) is 2.40. The van der Waals surface area contributed by atoms with Crippen molar-refractivity contribution in [3.63, 3.8) is 0 Å². The van der Waals surface area contributed by atoms with Crippen LogP contribution in [-0.2, 0) is 0 Å². The molecule has 2 aliphatic heterocycles. The minimum atomic E-state index is -1.47. The Morgan fingerprint density at radius 2 is 0.895 bits per heavy atom. The Morgan fingerprint density at radius 1 is 0.526 bits per heavy atom. The van der Waals surface area contributed by atoms with Gasteiger partial charge in [0.1, 0.15) is 0 Å². The van der Waals surface area contributed by atoms with Gasteiger partial charge in [0, 0.05) is 0 Å². The van der Waals surface area contributed by atoms with Gasteiger partial charge in [0.05, 0.1) is 0 Å². The topological polar surface area (TPSA) is 0 Å². The van der Waals surface area contributed by atoms with E-state index in [2.05, 4.69) is 25.5 Å². The predicted octanol–water partition coefficient (Wildman–Crippen LogP) is 7.21. The van der Waals surface area contributed by atoms with Crippen molar-refractivity contribution in [2.45, 2.75) is 84.6 Å². The molecular formula is C15H30Br2Te2. The van der Waals surface area contributed by atoms with E-state index in [0.717, 1.165) is 0 Å². The van der Waals surface area contributed by atoms with Crippen molar-refractivity contribution in [2.24, 2.45) is 0 Å². The molecule has 0 saturated carbocycles. The average molecular weight is 625 g/mol. The van der Waals surface area contributed by atoms with E-state index >= 15 is 0 Å². The Bertz CT molecular complexity index is 233. The fourth-order valence-electron chi connectivity index (χ4n) is 3.31. The van der Waals surface area contributed by atoms with Crippen molar-refractivity contribution in [1.82, 2.24) is 0 Å². The number of hydrogen-bond acceptors (Lipinski definition) is 0. The molecule has 0 unspecified atom stereocenters. The first-order chi connectivity index (χ1) is 9.12. The van der Waals surface area contributed by atoms with Gasteiger partial charge < -0.3 is 0 Å². The Kier molecular flexibility index (Phi) is 8.46. The van der Waals surface area contributed by atoms with Gasteiger partial charge in [-0.2, -0.15) is 0 Å². The zero-order chi connectivity index (χ0) is 13.6. The monoisotopic (exact) mass is 628 g/mol. The van der Waals surface area contributed by atoms with E-state index < -0.39 is 31.9 Å². The van der Waals surface area contributed by atoms with Crippen LogP contribution >= 0.6 is 25.5 Å². The van der Waals surface area contributed by atoms with Crippen molar-refractivity contribution in [1.29, 1.82) is 0 Å². The summed E-state index contributed by atoms with van der Waals surface area (Å²) in [6, 6.07) is 0. The van der Waals surface area contributed by atoms with Crippen LogP contribution in [0.1, 0.15) is 57.8 Å². The van der Waals surface area contributed by atoms with E-state index in [1.165, 1.54) is 57.8 Å². The maximum absolute atomic E-state index is 4.23. The van der Waals surface area contributed by atoms with Crippen molar-refractivity contribution in [3.8, 4) is 0 Å². The van der Waals surface area contributed by atoms with Gasteiger partial charge in [-0.3, -0.25) is 0 Å². The summed E-state index contributed by atoms with van der Waals surface area (Å²) in [5.41, 5.74) is 0. The molecule has 0 nitrogen and oxygen atoms in total. The number of halogens is 2. The van der Waals surface area contributed by atoms with Gasteiger partial charge in [-0.25, -0.2) is 0 Å². The molecule has 0 spiro atoms. The van der Waals surface area contributed by atoms with Crippen LogP contribution in [0.15, 0.2) is 0 Å². The first kappa shape index (κ1) is 17.9. The summed E-state index contributed by atoms with van der Waals surface area (Å²) in [5, 5.41) is 0. The zero-order valence-corrected chi connectivity index (χ0v) is 20.0. The number of hydrogen-bond donors (Lipinski definition) is 0. The molecule has 2 saturated heterocycles. The van der Waals surface area contributed by atoms with E-state index in [4.69, 9.17) is 0 Å². The van der Waals surface area contributed by atoms with Crippen LogP contribution in [0.2, 0.25) is 26.8 Å². The van der Waals surface area contributed by atoms with Crippen LogP contribution < -0.4 is 0 Å². The summed E-state index contributed by atoms with van der Waals surface area (Å²) in [7, 11) is 0. The summed E-state index contributed by atoms with van der Waals surface area (Å²) in [6.45, 7) is 0. The van der Waals surface area contributed by atoms with E-state index in [1.807, 2.05) is 0 Å². The van der Waals surface area contributed by atoms with Gasteiger partial charge >= 0.3 is 142 Å². The first-order valence-electron chi connectivity index (χ1n) is 8.04. The minimum absolute atomic E-state index is 1.47. The molecule has 2 aliphatic rings. The molecule has 0 aromatic rings. The first-order valence-corrected chi connectivity index (χ1v) is 28.4. The molecule has 0 N–H and O–H groups in total. The molecule has 0 aromatic carbocycles. The Balaban J connectivity index is 1.56. The summed E-state index contributed by atoms with van der Waals surface area (Å²) in [6.07, 6.45) is 13.8. The molecule has 116 valence electrons. The van der Waals surface area contributed by atoms with E-state index in [9.17, 15) is 0 Å². The summed E-state index contributed by atoms with van der Waals surface area (Å²) in [4.78, 5) is 0. The number of unbranched alkanes of at least 4 members (excludes halogenated alkanes) is 2. The molecule has 0 radical (unpaired) electrons. The van der Waals surface area contributed by atoms with Crippen molar-refractivity contribution >= 4 is 57.5 Å². The summed E-state index contributed by atoms with van der Waals surface area (Å²) < 4.78 is 9.69. The van der Waals surface area contributed by atoms with Crippen LogP contribution in [0.25, 0.3) is 0 Å². The second kappa shape index (κ2) is 8.99. The fourth-order valence-corrected chi connectivity index (χ4v) is 28.4. The third kappa shape index (κ3) is 6.67. The molecule has 0 aliphatic carbocycles. The second-order valence-electron chi connectivity index (χ2n) is 6.29. The zero-order valence-electron chi connectivity index (χ0n) is 12.2. The molecule has 4 heteroatoms. The van der Waals surface area contributed by atoms with Gasteiger partial charge in [0.25, 0.3) is 0 Å². The molecule has 0 bridgehead atoms. The molecular weight excluding hydrogens is 595 g/mol. The molecule has 19 heavy (non-hydrogen) atoms. The quantitative estimate of drug-likeness (QED) is 0.216. The van der Waals surface area contributed by atoms with Crippen LogP contribution in [0.3, 0.4) is 0 Å².